The van der Waals surface area contributed by atoms with E-state index in [1.165, 1.54) is 12.1 Å². The Morgan fingerprint density at radius 1 is 0.941 bits per heavy atom. The van der Waals surface area contributed by atoms with Crippen LogP contribution in [0.25, 0.3) is 22.2 Å². The summed E-state index contributed by atoms with van der Waals surface area (Å²) in [6.45, 7) is 0. The van der Waals surface area contributed by atoms with Gasteiger partial charge in [-0.3, -0.25) is 9.97 Å². The van der Waals surface area contributed by atoms with Gasteiger partial charge in [0, 0.05) is 23.3 Å². The first kappa shape index (κ1) is 9.90. The molecule has 3 heteroatoms. The molecule has 0 radical (unpaired) electrons. The smallest absolute Gasteiger partial charge is 0.123 e. The highest BCUT2D eigenvalue weighted by molar-refractivity contribution is 5.82. The van der Waals surface area contributed by atoms with Crippen LogP contribution in [0.3, 0.4) is 0 Å². The molecule has 0 amide bonds. The van der Waals surface area contributed by atoms with Gasteiger partial charge >= 0.3 is 0 Å². The Balaban J connectivity index is 2.19. The van der Waals surface area contributed by atoms with Gasteiger partial charge in [-0.1, -0.05) is 6.07 Å². The molecule has 0 aliphatic rings. The van der Waals surface area contributed by atoms with Crippen LogP contribution in [0.5, 0.6) is 0 Å². The second-order valence-corrected chi connectivity index (χ2v) is 3.78. The molecular formula is C14H9FN2. The van der Waals surface area contributed by atoms with Crippen LogP contribution in [0.1, 0.15) is 0 Å². The lowest BCUT2D eigenvalue weighted by atomic mass is 10.1. The molecule has 2 aromatic heterocycles. The predicted molar refractivity (Wildman–Crippen MR) is 64.9 cm³/mol. The second kappa shape index (κ2) is 3.94. The maximum absolute atomic E-state index is 13.1. The van der Waals surface area contributed by atoms with Gasteiger partial charge in [0.25, 0.3) is 0 Å². The van der Waals surface area contributed by atoms with E-state index < -0.39 is 0 Å². The van der Waals surface area contributed by atoms with Gasteiger partial charge in [0.2, 0.25) is 0 Å². The number of fused-ring (bicyclic) bond motifs is 1. The maximum atomic E-state index is 13.1. The van der Waals surface area contributed by atoms with Crippen LogP contribution in [0, 0.1) is 5.82 Å². The summed E-state index contributed by atoms with van der Waals surface area (Å²) in [7, 11) is 0. The van der Waals surface area contributed by atoms with Gasteiger partial charge < -0.3 is 0 Å². The molecule has 2 nitrogen and oxygen atoms in total. The lowest BCUT2D eigenvalue weighted by Crippen LogP contribution is -1.86. The minimum atomic E-state index is -0.252. The number of nitrogens with zero attached hydrogens (tertiary/aromatic N) is 2. The third-order valence-corrected chi connectivity index (χ3v) is 2.60. The van der Waals surface area contributed by atoms with Crippen molar-refractivity contribution in [2.45, 2.75) is 0 Å². The van der Waals surface area contributed by atoms with Crippen molar-refractivity contribution in [1.82, 2.24) is 9.97 Å². The van der Waals surface area contributed by atoms with Crippen molar-refractivity contribution >= 4 is 10.9 Å². The van der Waals surface area contributed by atoms with Crippen molar-refractivity contribution in [3.63, 3.8) is 0 Å². The predicted octanol–water partition coefficient (Wildman–Crippen LogP) is 3.44. The van der Waals surface area contributed by atoms with Crippen LogP contribution in [-0.2, 0) is 0 Å². The normalized spacial score (nSPS) is 10.6. The standard InChI is InChI=1S/C14H9FN2/c15-12-4-5-14-10(8-12)7-11(9-17-14)13-3-1-2-6-16-13/h1-9H. The van der Waals surface area contributed by atoms with Gasteiger partial charge in [0.1, 0.15) is 5.82 Å². The highest BCUT2D eigenvalue weighted by Crippen LogP contribution is 2.21. The molecule has 0 saturated carbocycles. The van der Waals surface area contributed by atoms with Crippen molar-refractivity contribution in [2.75, 3.05) is 0 Å². The van der Waals surface area contributed by atoms with Crippen LogP contribution in [0.4, 0.5) is 4.39 Å². The van der Waals surface area contributed by atoms with Gasteiger partial charge in [0.05, 0.1) is 11.2 Å². The Bertz CT molecular complexity index is 665. The van der Waals surface area contributed by atoms with E-state index in [1.807, 2.05) is 24.3 Å². The molecule has 3 aromatic rings. The molecular weight excluding hydrogens is 215 g/mol. The SMILES string of the molecule is Fc1ccc2ncc(-c3ccccn3)cc2c1. The third-order valence-electron chi connectivity index (χ3n) is 2.60. The third kappa shape index (κ3) is 1.87. The summed E-state index contributed by atoms with van der Waals surface area (Å²) in [5, 5.41) is 0.785. The first-order valence-corrected chi connectivity index (χ1v) is 5.30. The Morgan fingerprint density at radius 3 is 2.71 bits per heavy atom. The number of hydrogen-bond acceptors (Lipinski definition) is 2. The number of benzene rings is 1. The van der Waals surface area contributed by atoms with E-state index in [0.29, 0.717) is 0 Å². The van der Waals surface area contributed by atoms with E-state index >= 15 is 0 Å². The highest BCUT2D eigenvalue weighted by Gasteiger charge is 2.02. The molecule has 0 unspecified atom stereocenters. The minimum absolute atomic E-state index is 0.252. The zero-order valence-corrected chi connectivity index (χ0v) is 8.97. The van der Waals surface area contributed by atoms with Crippen molar-refractivity contribution in [1.29, 1.82) is 0 Å². The second-order valence-electron chi connectivity index (χ2n) is 3.78. The molecule has 0 atom stereocenters. The summed E-state index contributed by atoms with van der Waals surface area (Å²) in [6.07, 6.45) is 3.48. The molecule has 0 N–H and O–H groups in total. The van der Waals surface area contributed by atoms with Crippen molar-refractivity contribution < 1.29 is 4.39 Å². The molecule has 2 heterocycles. The fourth-order valence-corrected chi connectivity index (χ4v) is 1.78. The van der Waals surface area contributed by atoms with Crippen molar-refractivity contribution in [3.05, 3.63) is 60.7 Å². The van der Waals surface area contributed by atoms with Crippen LogP contribution in [0.2, 0.25) is 0 Å². The zero-order valence-electron chi connectivity index (χ0n) is 8.97. The van der Waals surface area contributed by atoms with Crippen LogP contribution < -0.4 is 0 Å². The molecule has 0 bridgehead atoms. The molecule has 17 heavy (non-hydrogen) atoms. The average Bonchev–Trinajstić information content (AvgIpc) is 2.39. The fraction of sp³-hybridized carbons (Fsp3) is 0. The summed E-state index contributed by atoms with van der Waals surface area (Å²) in [5.74, 6) is -0.252. The fourth-order valence-electron chi connectivity index (χ4n) is 1.78. The van der Waals surface area contributed by atoms with Gasteiger partial charge in [-0.15, -0.1) is 0 Å². The number of hydrogen-bond donors (Lipinski definition) is 0. The largest absolute Gasteiger partial charge is 0.256 e. The van der Waals surface area contributed by atoms with Crippen LogP contribution >= 0.6 is 0 Å². The minimum Gasteiger partial charge on any atom is -0.256 e. The molecule has 0 fully saturated rings. The first-order chi connectivity index (χ1) is 8.33. The zero-order chi connectivity index (χ0) is 11.7. The van der Waals surface area contributed by atoms with Crippen LogP contribution in [0.15, 0.2) is 54.9 Å². The summed E-state index contributed by atoms with van der Waals surface area (Å²) in [6, 6.07) is 12.1. The Labute approximate surface area is 97.8 Å². The first-order valence-electron chi connectivity index (χ1n) is 5.30. The molecule has 1 aromatic carbocycles. The van der Waals surface area contributed by atoms with Gasteiger partial charge in [0.15, 0.2) is 0 Å². The van der Waals surface area contributed by atoms with E-state index in [9.17, 15) is 4.39 Å². The molecule has 0 aliphatic carbocycles. The topological polar surface area (TPSA) is 25.8 Å². The van der Waals surface area contributed by atoms with E-state index in [-0.39, 0.29) is 5.82 Å². The van der Waals surface area contributed by atoms with Crippen molar-refractivity contribution in [3.8, 4) is 11.3 Å². The molecule has 0 spiro atoms. The Kier molecular flexibility index (Phi) is 2.29. The number of rotatable bonds is 1. The number of aromatic nitrogens is 2. The van der Waals surface area contributed by atoms with E-state index in [0.717, 1.165) is 22.2 Å². The van der Waals surface area contributed by atoms with Crippen LogP contribution in [-0.4, -0.2) is 9.97 Å². The summed E-state index contributed by atoms with van der Waals surface area (Å²) in [5.41, 5.74) is 2.51. The Morgan fingerprint density at radius 2 is 1.88 bits per heavy atom. The Hall–Kier alpha value is -2.29. The lowest BCUT2D eigenvalue weighted by Gasteiger charge is -2.02. The molecule has 0 aliphatic heterocycles. The summed E-state index contributed by atoms with van der Waals surface area (Å²) >= 11 is 0. The van der Waals surface area contributed by atoms with E-state index in [1.54, 1.807) is 18.5 Å². The molecule has 3 rings (SSSR count). The highest BCUT2D eigenvalue weighted by atomic mass is 19.1. The van der Waals surface area contributed by atoms with E-state index in [4.69, 9.17) is 0 Å². The van der Waals surface area contributed by atoms with E-state index in [2.05, 4.69) is 9.97 Å². The number of halogens is 1. The van der Waals surface area contributed by atoms with Crippen molar-refractivity contribution in [2.24, 2.45) is 0 Å². The maximum Gasteiger partial charge on any atom is 0.123 e. The quantitative estimate of drug-likeness (QED) is 0.632. The molecule has 82 valence electrons. The lowest BCUT2D eigenvalue weighted by molar-refractivity contribution is 0.629. The molecule has 0 saturated heterocycles. The van der Waals surface area contributed by atoms with Gasteiger partial charge in [-0.05, 0) is 36.4 Å². The van der Waals surface area contributed by atoms with Gasteiger partial charge in [-0.2, -0.15) is 0 Å². The monoisotopic (exact) mass is 224 g/mol. The average molecular weight is 224 g/mol. The number of pyridine rings is 2. The summed E-state index contributed by atoms with van der Waals surface area (Å²) in [4.78, 5) is 8.54. The van der Waals surface area contributed by atoms with Gasteiger partial charge in [-0.25, -0.2) is 4.39 Å². The summed E-state index contributed by atoms with van der Waals surface area (Å²) < 4.78 is 13.1.